The van der Waals surface area contributed by atoms with Crippen LogP contribution in [0.4, 0.5) is 11.6 Å². The van der Waals surface area contributed by atoms with Crippen molar-refractivity contribution in [1.82, 2.24) is 14.1 Å². The first-order chi connectivity index (χ1) is 16.5. The van der Waals surface area contributed by atoms with Gasteiger partial charge in [0.2, 0.25) is 5.95 Å². The molecule has 1 unspecified atom stereocenters. The number of hydrogen-bond donors (Lipinski definition) is 3. The van der Waals surface area contributed by atoms with Crippen molar-refractivity contribution in [3.63, 3.8) is 0 Å². The molecule has 1 atom stereocenters. The van der Waals surface area contributed by atoms with E-state index in [9.17, 15) is 14.4 Å². The van der Waals surface area contributed by atoms with E-state index in [1.807, 2.05) is 26.8 Å². The number of anilines is 2. The van der Waals surface area contributed by atoms with Crippen LogP contribution in [0.2, 0.25) is 5.02 Å². The number of aromatic nitrogens is 3. The molecule has 1 aromatic heterocycles. The number of nitrogens with one attached hydrogen (secondary N) is 1. The molecule has 186 valence electrons. The molecule has 0 radical (unpaired) electrons. The van der Waals surface area contributed by atoms with Gasteiger partial charge in [0.05, 0.1) is 12.6 Å². The zero-order chi connectivity index (χ0) is 25.7. The number of ether oxygens (including phenoxy) is 1. The Morgan fingerprint density at radius 3 is 2.46 bits per heavy atom. The van der Waals surface area contributed by atoms with Gasteiger partial charge >= 0.3 is 17.3 Å². The highest BCUT2D eigenvalue weighted by atomic mass is 35.5. The predicted octanol–water partition coefficient (Wildman–Crippen LogP) is 2.75. The Labute approximate surface area is 206 Å². The van der Waals surface area contributed by atoms with Gasteiger partial charge in [-0.05, 0) is 68.7 Å². The maximum atomic E-state index is 13.3. The van der Waals surface area contributed by atoms with Crippen LogP contribution in [0.1, 0.15) is 31.4 Å². The number of aliphatic carboxylic acids is 1. The Hall–Kier alpha value is -3.63. The Kier molecular flexibility index (Phi) is 8.31. The second-order valence-corrected chi connectivity index (χ2v) is 8.81. The smallest absolute Gasteiger partial charge is 0.354 e. The third kappa shape index (κ3) is 6.71. The monoisotopic (exact) mass is 501 g/mol. The van der Waals surface area contributed by atoms with E-state index in [-0.39, 0.29) is 31.6 Å². The number of rotatable bonds is 10. The van der Waals surface area contributed by atoms with E-state index in [4.69, 9.17) is 27.2 Å². The molecule has 0 aliphatic carbocycles. The lowest BCUT2D eigenvalue weighted by atomic mass is 10.2. The summed E-state index contributed by atoms with van der Waals surface area (Å²) in [7, 11) is 0. The lowest BCUT2D eigenvalue weighted by Gasteiger charge is -2.17. The highest BCUT2D eigenvalue weighted by molar-refractivity contribution is 6.30. The third-order valence-corrected chi connectivity index (χ3v) is 5.43. The molecule has 0 saturated carbocycles. The fourth-order valence-corrected chi connectivity index (χ4v) is 3.49. The Bertz CT molecular complexity index is 1320. The Balaban J connectivity index is 2.01. The van der Waals surface area contributed by atoms with Gasteiger partial charge in [-0.1, -0.05) is 23.7 Å². The van der Waals surface area contributed by atoms with Gasteiger partial charge in [0.25, 0.3) is 0 Å². The minimum atomic E-state index is -1.22. The number of halogens is 1. The van der Waals surface area contributed by atoms with Crippen LogP contribution in [0.5, 0.6) is 5.75 Å². The van der Waals surface area contributed by atoms with Gasteiger partial charge in [-0.2, -0.15) is 4.98 Å². The zero-order valence-electron chi connectivity index (χ0n) is 19.7. The minimum absolute atomic E-state index is 0.0144. The van der Waals surface area contributed by atoms with Crippen LogP contribution in [0.15, 0.2) is 52.1 Å². The van der Waals surface area contributed by atoms with Crippen LogP contribution in [0.25, 0.3) is 0 Å². The SMILES string of the molecule is Cc1cc(Nc2nc(=O)n(CCC(N)C(=O)O)c(=O)n2Cc2ccc(Cl)cc2)ccc1OC(C)C. The fraction of sp³-hybridized carbons (Fsp3) is 0.333. The standard InChI is InChI=1S/C24H28ClN5O5/c1-14(2)35-20-9-8-18(12-15(20)3)27-22-28-23(33)29(11-10-19(26)21(31)32)24(34)30(22)13-16-4-6-17(25)7-5-16/h4-9,12,14,19H,10-11,13,26H2,1-3H3,(H,31,32)(H,27,28,33). The van der Waals surface area contributed by atoms with Gasteiger partial charge in [0.15, 0.2) is 0 Å². The molecule has 0 fully saturated rings. The van der Waals surface area contributed by atoms with E-state index in [2.05, 4.69) is 10.3 Å². The molecule has 2 aromatic carbocycles. The summed E-state index contributed by atoms with van der Waals surface area (Å²) in [4.78, 5) is 41.1. The maximum Gasteiger partial charge on any atom is 0.354 e. The number of benzene rings is 2. The van der Waals surface area contributed by atoms with Crippen molar-refractivity contribution < 1.29 is 14.6 Å². The van der Waals surface area contributed by atoms with Crippen LogP contribution in [-0.4, -0.2) is 37.3 Å². The molecule has 0 spiro atoms. The molecular formula is C24H28ClN5O5. The Morgan fingerprint density at radius 2 is 1.86 bits per heavy atom. The van der Waals surface area contributed by atoms with Gasteiger partial charge in [-0.15, -0.1) is 0 Å². The number of carboxylic acids is 1. The summed E-state index contributed by atoms with van der Waals surface area (Å²) in [5.41, 5.74) is 6.33. The Morgan fingerprint density at radius 1 is 1.17 bits per heavy atom. The molecule has 0 saturated heterocycles. The lowest BCUT2D eigenvalue weighted by Crippen LogP contribution is -2.44. The van der Waals surface area contributed by atoms with Crippen molar-refractivity contribution in [3.05, 3.63) is 79.6 Å². The van der Waals surface area contributed by atoms with Crippen molar-refractivity contribution in [2.45, 2.75) is 52.4 Å². The van der Waals surface area contributed by atoms with Crippen LogP contribution < -0.4 is 27.2 Å². The average molecular weight is 502 g/mol. The third-order valence-electron chi connectivity index (χ3n) is 5.18. The minimum Gasteiger partial charge on any atom is -0.491 e. The van der Waals surface area contributed by atoms with Gasteiger partial charge in [-0.25, -0.2) is 14.2 Å². The van der Waals surface area contributed by atoms with Crippen LogP contribution in [-0.2, 0) is 17.9 Å². The summed E-state index contributed by atoms with van der Waals surface area (Å²) in [5, 5.41) is 12.6. The molecule has 4 N–H and O–H groups in total. The summed E-state index contributed by atoms with van der Waals surface area (Å²) in [6.45, 7) is 5.68. The average Bonchev–Trinajstić information content (AvgIpc) is 2.78. The van der Waals surface area contributed by atoms with Crippen LogP contribution >= 0.6 is 11.6 Å². The topological polar surface area (TPSA) is 141 Å². The van der Waals surface area contributed by atoms with Crippen LogP contribution in [0, 0.1) is 6.92 Å². The summed E-state index contributed by atoms with van der Waals surface area (Å²) >= 11 is 5.98. The number of carbonyl (C=O) groups is 1. The van der Waals surface area contributed by atoms with Gasteiger partial charge in [0, 0.05) is 17.3 Å². The molecule has 11 heteroatoms. The lowest BCUT2D eigenvalue weighted by molar-refractivity contribution is -0.138. The second kappa shape index (κ2) is 11.2. The largest absolute Gasteiger partial charge is 0.491 e. The normalized spacial score (nSPS) is 11.9. The molecular weight excluding hydrogens is 474 g/mol. The molecule has 10 nitrogen and oxygen atoms in total. The van der Waals surface area contributed by atoms with Crippen LogP contribution in [0.3, 0.4) is 0 Å². The number of carboxylic acid groups (broad SMARTS) is 1. The van der Waals surface area contributed by atoms with E-state index in [0.717, 1.165) is 21.4 Å². The molecule has 0 aliphatic rings. The molecule has 3 rings (SSSR count). The predicted molar refractivity (Wildman–Crippen MR) is 134 cm³/mol. The van der Waals surface area contributed by atoms with Gasteiger partial charge < -0.3 is 20.9 Å². The summed E-state index contributed by atoms with van der Waals surface area (Å²) in [6.07, 6.45) is -0.0864. The van der Waals surface area contributed by atoms with Crippen molar-refractivity contribution in [1.29, 1.82) is 0 Å². The van der Waals surface area contributed by atoms with E-state index in [1.54, 1.807) is 36.4 Å². The molecule has 0 aliphatic heterocycles. The first kappa shape index (κ1) is 26.0. The summed E-state index contributed by atoms with van der Waals surface area (Å²) in [6, 6.07) is 11.1. The zero-order valence-corrected chi connectivity index (χ0v) is 20.5. The van der Waals surface area contributed by atoms with Gasteiger partial charge in [0.1, 0.15) is 11.8 Å². The van der Waals surface area contributed by atoms with Crippen molar-refractivity contribution in [3.8, 4) is 5.75 Å². The quantitative estimate of drug-likeness (QED) is 0.385. The van der Waals surface area contributed by atoms with E-state index < -0.39 is 23.4 Å². The summed E-state index contributed by atoms with van der Waals surface area (Å²) in [5.74, 6) is -0.445. The van der Waals surface area contributed by atoms with Crippen molar-refractivity contribution in [2.75, 3.05) is 5.32 Å². The highest BCUT2D eigenvalue weighted by Crippen LogP contribution is 2.24. The number of hydrogen-bond acceptors (Lipinski definition) is 7. The van der Waals surface area contributed by atoms with E-state index >= 15 is 0 Å². The van der Waals surface area contributed by atoms with Crippen molar-refractivity contribution in [2.24, 2.45) is 5.73 Å². The first-order valence-corrected chi connectivity index (χ1v) is 11.4. The number of aryl methyl sites for hydroxylation is 1. The highest BCUT2D eigenvalue weighted by Gasteiger charge is 2.17. The maximum absolute atomic E-state index is 13.3. The molecule has 35 heavy (non-hydrogen) atoms. The fourth-order valence-electron chi connectivity index (χ4n) is 3.37. The second-order valence-electron chi connectivity index (χ2n) is 8.37. The summed E-state index contributed by atoms with van der Waals surface area (Å²) < 4.78 is 7.96. The van der Waals surface area contributed by atoms with Gasteiger partial charge in [-0.3, -0.25) is 9.36 Å². The van der Waals surface area contributed by atoms with Crippen molar-refractivity contribution >= 4 is 29.2 Å². The van der Waals surface area contributed by atoms with E-state index in [1.165, 1.54) is 4.57 Å². The number of nitrogens with zero attached hydrogens (tertiary/aromatic N) is 3. The molecule has 3 aromatic rings. The number of nitrogens with two attached hydrogens (primary N) is 1. The molecule has 1 heterocycles. The molecule has 0 bridgehead atoms. The van der Waals surface area contributed by atoms with E-state index in [0.29, 0.717) is 10.7 Å². The first-order valence-electron chi connectivity index (χ1n) is 11.0. The molecule has 0 amide bonds.